The lowest BCUT2D eigenvalue weighted by molar-refractivity contribution is -0.870. The Labute approximate surface area is 444 Å². The van der Waals surface area contributed by atoms with Crippen LogP contribution < -0.4 is 0 Å². The van der Waals surface area contributed by atoms with Gasteiger partial charge in [-0.2, -0.15) is 0 Å². The second-order valence-corrected chi connectivity index (χ2v) is 22.5. The summed E-state index contributed by atoms with van der Waals surface area (Å²) in [7, 11) is 1.47. The van der Waals surface area contributed by atoms with Gasteiger partial charge in [0, 0.05) is 12.8 Å². The van der Waals surface area contributed by atoms with E-state index in [0.717, 1.165) is 77.0 Å². The first kappa shape index (κ1) is 69.5. The molecule has 0 spiro atoms. The number of quaternary nitrogens is 1. The summed E-state index contributed by atoms with van der Waals surface area (Å²) in [5, 5.41) is 0. The van der Waals surface area contributed by atoms with E-state index in [4.69, 9.17) is 18.5 Å². The summed E-state index contributed by atoms with van der Waals surface area (Å²) in [5.41, 5.74) is 0. The number of nitrogens with zero attached hydrogens (tertiary/aromatic N) is 1. The van der Waals surface area contributed by atoms with E-state index in [9.17, 15) is 19.0 Å². The van der Waals surface area contributed by atoms with E-state index in [2.05, 4.69) is 86.8 Å². The van der Waals surface area contributed by atoms with Crippen molar-refractivity contribution in [3.8, 4) is 0 Å². The molecule has 0 aromatic heterocycles. The van der Waals surface area contributed by atoms with Gasteiger partial charge >= 0.3 is 19.8 Å². The molecule has 0 aromatic carbocycles. The fraction of sp³-hybridized carbons (Fsp3) is 0.774. The van der Waals surface area contributed by atoms with E-state index in [1.807, 2.05) is 21.1 Å². The maximum absolute atomic E-state index is 12.8. The fourth-order valence-corrected chi connectivity index (χ4v) is 8.90. The van der Waals surface area contributed by atoms with Crippen LogP contribution in [0.1, 0.15) is 258 Å². The number of ether oxygens (including phenoxy) is 2. The normalized spacial score (nSPS) is 13.8. The number of likely N-dealkylation sites (N-methyl/N-ethyl adjacent to an activating group) is 1. The van der Waals surface area contributed by atoms with E-state index < -0.39 is 26.5 Å². The number of hydrogen-bond donors (Lipinski definition) is 1. The highest BCUT2D eigenvalue weighted by Gasteiger charge is 2.27. The Bertz CT molecular complexity index is 1450. The van der Waals surface area contributed by atoms with E-state index in [1.54, 1.807) is 0 Å². The van der Waals surface area contributed by atoms with Gasteiger partial charge in [-0.15, -0.1) is 0 Å². The highest BCUT2D eigenvalue weighted by molar-refractivity contribution is 7.47. The molecule has 0 saturated heterocycles. The lowest BCUT2D eigenvalue weighted by atomic mass is 10.0. The van der Waals surface area contributed by atoms with Gasteiger partial charge in [0.1, 0.15) is 19.8 Å². The van der Waals surface area contributed by atoms with Gasteiger partial charge in [0.05, 0.1) is 27.7 Å². The fourth-order valence-electron chi connectivity index (χ4n) is 8.16. The van der Waals surface area contributed by atoms with Crippen LogP contribution in [0.4, 0.5) is 0 Å². The molecule has 0 rings (SSSR count). The van der Waals surface area contributed by atoms with Gasteiger partial charge in [0.15, 0.2) is 6.10 Å². The number of hydrogen-bond acceptors (Lipinski definition) is 7. The van der Waals surface area contributed by atoms with E-state index in [-0.39, 0.29) is 32.0 Å². The average molecular weight is 1030 g/mol. The monoisotopic (exact) mass is 1030 g/mol. The highest BCUT2D eigenvalue weighted by atomic mass is 31.2. The lowest BCUT2D eigenvalue weighted by Crippen LogP contribution is -2.37. The van der Waals surface area contributed by atoms with Crippen LogP contribution in [-0.2, 0) is 32.7 Å². The molecule has 2 atom stereocenters. The van der Waals surface area contributed by atoms with Crippen molar-refractivity contribution in [1.29, 1.82) is 0 Å². The maximum Gasteiger partial charge on any atom is 0.472 e. The van der Waals surface area contributed by atoms with Crippen molar-refractivity contribution < 1.29 is 42.1 Å². The first-order chi connectivity index (χ1) is 35.0. The minimum Gasteiger partial charge on any atom is -0.462 e. The van der Waals surface area contributed by atoms with Gasteiger partial charge in [-0.05, 0) is 83.5 Å². The van der Waals surface area contributed by atoms with Crippen LogP contribution >= 0.6 is 7.82 Å². The molecule has 0 bridgehead atoms. The number of phosphoric ester groups is 1. The van der Waals surface area contributed by atoms with E-state index >= 15 is 0 Å². The predicted molar refractivity (Wildman–Crippen MR) is 307 cm³/mol. The molecule has 10 heteroatoms. The molecule has 0 fully saturated rings. The summed E-state index contributed by atoms with van der Waals surface area (Å²) in [4.78, 5) is 35.7. The van der Waals surface area contributed by atoms with Crippen molar-refractivity contribution in [3.63, 3.8) is 0 Å². The van der Waals surface area contributed by atoms with Gasteiger partial charge in [-0.25, -0.2) is 4.57 Å². The van der Waals surface area contributed by atoms with Crippen molar-refractivity contribution in [1.82, 2.24) is 0 Å². The molecule has 72 heavy (non-hydrogen) atoms. The highest BCUT2D eigenvalue weighted by Crippen LogP contribution is 2.43. The smallest absolute Gasteiger partial charge is 0.462 e. The van der Waals surface area contributed by atoms with Crippen molar-refractivity contribution >= 4 is 19.8 Å². The van der Waals surface area contributed by atoms with Crippen molar-refractivity contribution in [2.45, 2.75) is 264 Å². The van der Waals surface area contributed by atoms with Crippen LogP contribution in [0.2, 0.25) is 0 Å². The summed E-state index contributed by atoms with van der Waals surface area (Å²) < 4.78 is 34.6. The van der Waals surface area contributed by atoms with Crippen LogP contribution in [0.25, 0.3) is 0 Å². The maximum atomic E-state index is 12.8. The SMILES string of the molecule is CC/C=C\C/C=C\C/C=C\C/C=C\C/C=C\CCCCCCCCCCCC(=O)OC(COC(=O)CCCCCCCCCCCCC/C=C\CCCCCCCCCC)COP(=O)(O)OCC[N+](C)(C)C. The molecule has 0 radical (unpaired) electrons. The van der Waals surface area contributed by atoms with Gasteiger partial charge in [0.2, 0.25) is 0 Å². The number of carbonyl (C=O) groups excluding carboxylic acids is 2. The Morgan fingerprint density at radius 3 is 1.19 bits per heavy atom. The third kappa shape index (κ3) is 56.7. The van der Waals surface area contributed by atoms with Gasteiger partial charge in [-0.3, -0.25) is 18.6 Å². The van der Waals surface area contributed by atoms with Crippen molar-refractivity contribution in [2.24, 2.45) is 0 Å². The standard InChI is InChI=1S/C62H112NO8P/c1-6-8-10-12-14-16-18-20-22-24-26-28-30-31-33-35-37-39-41-43-45-47-49-51-53-55-62(65)71-60(59-70-72(66,67)69-57-56-63(3,4)5)58-68-61(64)54-52-50-48-46-44-42-40-38-36-34-32-29-27-25-23-21-19-17-15-13-11-9-7-2/h8,10,14,16,20,22,25-28,31,33,60H,6-7,9,11-13,15,17-19,21,23-24,29-30,32,34-59H2,1-5H3/p+1/b10-8-,16-14-,22-20-,27-25-,28-26-,33-31-. The van der Waals surface area contributed by atoms with Crippen LogP contribution in [0.3, 0.4) is 0 Å². The molecular weight excluding hydrogens is 918 g/mol. The van der Waals surface area contributed by atoms with Crippen molar-refractivity contribution in [3.05, 3.63) is 72.9 Å². The first-order valence-corrected chi connectivity index (χ1v) is 31.2. The summed E-state index contributed by atoms with van der Waals surface area (Å²) in [6.07, 6.45) is 69.7. The number of esters is 2. The van der Waals surface area contributed by atoms with Crippen LogP contribution in [0.5, 0.6) is 0 Å². The number of allylic oxidation sites excluding steroid dienone is 12. The zero-order chi connectivity index (χ0) is 52.7. The number of carbonyl (C=O) groups is 2. The lowest BCUT2D eigenvalue weighted by Gasteiger charge is -2.24. The third-order valence-corrected chi connectivity index (χ3v) is 13.7. The van der Waals surface area contributed by atoms with Crippen molar-refractivity contribution in [2.75, 3.05) is 47.5 Å². The van der Waals surface area contributed by atoms with Crippen LogP contribution in [0.15, 0.2) is 72.9 Å². The van der Waals surface area contributed by atoms with Gasteiger partial charge in [0.25, 0.3) is 0 Å². The average Bonchev–Trinajstić information content (AvgIpc) is 3.34. The molecular formula is C62H113NO8P+. The van der Waals surface area contributed by atoms with Crippen LogP contribution in [-0.4, -0.2) is 74.9 Å². The summed E-state index contributed by atoms with van der Waals surface area (Å²) in [6.45, 7) is 4.33. The molecule has 0 amide bonds. The topological polar surface area (TPSA) is 108 Å². The Morgan fingerprint density at radius 1 is 0.444 bits per heavy atom. The quantitative estimate of drug-likeness (QED) is 0.0211. The molecule has 0 aliphatic rings. The summed E-state index contributed by atoms with van der Waals surface area (Å²) in [5.74, 6) is -0.801. The Balaban J connectivity index is 4.18. The number of unbranched alkanes of at least 4 members (excludes halogenated alkanes) is 28. The molecule has 0 saturated carbocycles. The molecule has 2 unspecified atom stereocenters. The molecule has 9 nitrogen and oxygen atoms in total. The minimum absolute atomic E-state index is 0.0280. The number of rotatable bonds is 54. The zero-order valence-electron chi connectivity index (χ0n) is 47.4. The molecule has 0 aromatic rings. The van der Waals surface area contributed by atoms with Gasteiger partial charge in [-0.1, -0.05) is 234 Å². The zero-order valence-corrected chi connectivity index (χ0v) is 48.3. The Morgan fingerprint density at radius 2 is 0.792 bits per heavy atom. The number of phosphoric acid groups is 1. The second-order valence-electron chi connectivity index (χ2n) is 21.0. The molecule has 0 aliphatic heterocycles. The van der Waals surface area contributed by atoms with Gasteiger partial charge < -0.3 is 18.9 Å². The van der Waals surface area contributed by atoms with E-state index in [1.165, 1.54) is 148 Å². The first-order valence-electron chi connectivity index (χ1n) is 29.7. The second kappa shape index (κ2) is 53.3. The molecule has 1 N–H and O–H groups in total. The summed E-state index contributed by atoms with van der Waals surface area (Å²) in [6, 6.07) is 0. The molecule has 0 heterocycles. The predicted octanol–water partition coefficient (Wildman–Crippen LogP) is 18.5. The van der Waals surface area contributed by atoms with Crippen LogP contribution in [0, 0.1) is 0 Å². The summed E-state index contributed by atoms with van der Waals surface area (Å²) >= 11 is 0. The molecule has 418 valence electrons. The largest absolute Gasteiger partial charge is 0.472 e. The van der Waals surface area contributed by atoms with E-state index in [0.29, 0.717) is 17.4 Å². The Kier molecular flexibility index (Phi) is 51.4. The molecule has 0 aliphatic carbocycles. The minimum atomic E-state index is -4.39. The third-order valence-electron chi connectivity index (χ3n) is 12.7. The Hall–Kier alpha value is -2.55.